The van der Waals surface area contributed by atoms with Crippen molar-refractivity contribution in [2.75, 3.05) is 0 Å². The lowest BCUT2D eigenvalue weighted by atomic mass is 9.77. The molecule has 1 aromatic rings. The Morgan fingerprint density at radius 1 is 1.00 bits per heavy atom. The van der Waals surface area contributed by atoms with Crippen LogP contribution in [0.2, 0.25) is 0 Å². The van der Waals surface area contributed by atoms with Crippen molar-refractivity contribution in [3.63, 3.8) is 0 Å². The maximum Gasteiger partial charge on any atom is 0.0766 e. The first-order valence-electron chi connectivity index (χ1n) is 6.13. The van der Waals surface area contributed by atoms with E-state index in [0.29, 0.717) is 0 Å². The largest absolute Gasteiger partial charge is 0.197 e. The summed E-state index contributed by atoms with van der Waals surface area (Å²) in [5.41, 5.74) is 4.78. The summed E-state index contributed by atoms with van der Waals surface area (Å²) in [6.07, 6.45) is 0. The molecular weight excluding hydrogens is 206 g/mol. The molecule has 0 radical (unpaired) electrons. The van der Waals surface area contributed by atoms with Gasteiger partial charge in [0.1, 0.15) is 0 Å². The molecule has 1 aromatic carbocycles. The van der Waals surface area contributed by atoms with E-state index >= 15 is 0 Å². The van der Waals surface area contributed by atoms with Crippen LogP contribution in [0.5, 0.6) is 0 Å². The van der Waals surface area contributed by atoms with Gasteiger partial charge in [0.15, 0.2) is 0 Å². The van der Waals surface area contributed by atoms with Crippen LogP contribution in [0.25, 0.3) is 0 Å². The molecule has 0 aliphatic heterocycles. The van der Waals surface area contributed by atoms with E-state index in [4.69, 9.17) is 0 Å². The Balaban J connectivity index is 3.52. The molecule has 1 nitrogen and oxygen atoms in total. The first-order chi connectivity index (χ1) is 7.59. The predicted octanol–water partition coefficient (Wildman–Crippen LogP) is 4.40. The summed E-state index contributed by atoms with van der Waals surface area (Å²) in [5.74, 6) is 0. The molecule has 0 heterocycles. The maximum atomic E-state index is 9.25. The normalized spacial score (nSPS) is 12.4. The highest BCUT2D eigenvalue weighted by Gasteiger charge is 2.24. The van der Waals surface area contributed by atoms with Gasteiger partial charge in [-0.15, -0.1) is 0 Å². The molecule has 0 amide bonds. The number of benzene rings is 1. The minimum absolute atomic E-state index is 0.121. The zero-order valence-corrected chi connectivity index (χ0v) is 12.1. The maximum absolute atomic E-state index is 9.25. The van der Waals surface area contributed by atoms with Crippen molar-refractivity contribution in [1.82, 2.24) is 0 Å². The SMILES string of the molecule is Cc1cc(C(C)(C)C#N)cc(C(C)(C)C)c1C. The standard InChI is InChI=1S/C16H23N/c1-11-8-13(16(6,7)10-17)9-14(12(11)2)15(3,4)5/h8-9H,1-7H3. The predicted molar refractivity (Wildman–Crippen MR) is 73.3 cm³/mol. The third-order valence-electron chi connectivity index (χ3n) is 3.48. The Kier molecular flexibility index (Phi) is 3.39. The van der Waals surface area contributed by atoms with E-state index in [1.54, 1.807) is 0 Å². The van der Waals surface area contributed by atoms with E-state index in [1.807, 2.05) is 13.8 Å². The quantitative estimate of drug-likeness (QED) is 0.700. The molecule has 0 bridgehead atoms. The minimum atomic E-state index is -0.418. The average Bonchev–Trinajstić information content (AvgIpc) is 2.19. The first kappa shape index (κ1) is 13.8. The van der Waals surface area contributed by atoms with E-state index in [1.165, 1.54) is 16.7 Å². The van der Waals surface area contributed by atoms with Gasteiger partial charge in [0, 0.05) is 0 Å². The molecular formula is C16H23N. The average molecular weight is 229 g/mol. The van der Waals surface area contributed by atoms with Crippen LogP contribution in [0.15, 0.2) is 12.1 Å². The molecule has 0 N–H and O–H groups in total. The van der Waals surface area contributed by atoms with Crippen molar-refractivity contribution in [2.45, 2.75) is 59.3 Å². The highest BCUT2D eigenvalue weighted by Crippen LogP contribution is 2.32. The summed E-state index contributed by atoms with van der Waals surface area (Å²) < 4.78 is 0. The molecule has 0 aromatic heterocycles. The minimum Gasteiger partial charge on any atom is -0.197 e. The summed E-state index contributed by atoms with van der Waals surface area (Å²) >= 11 is 0. The molecule has 0 saturated heterocycles. The Hall–Kier alpha value is -1.29. The summed E-state index contributed by atoms with van der Waals surface area (Å²) in [4.78, 5) is 0. The third-order valence-corrected chi connectivity index (χ3v) is 3.48. The van der Waals surface area contributed by atoms with Crippen molar-refractivity contribution in [3.05, 3.63) is 34.4 Å². The van der Waals surface area contributed by atoms with Crippen molar-refractivity contribution < 1.29 is 0 Å². The number of hydrogen-bond acceptors (Lipinski definition) is 1. The van der Waals surface area contributed by atoms with Gasteiger partial charge in [0.25, 0.3) is 0 Å². The topological polar surface area (TPSA) is 23.8 Å². The molecule has 0 unspecified atom stereocenters. The van der Waals surface area contributed by atoms with Crippen molar-refractivity contribution in [3.8, 4) is 6.07 Å². The van der Waals surface area contributed by atoms with E-state index in [0.717, 1.165) is 5.56 Å². The van der Waals surface area contributed by atoms with Gasteiger partial charge in [0.05, 0.1) is 11.5 Å². The molecule has 0 saturated carbocycles. The Morgan fingerprint density at radius 3 is 1.94 bits per heavy atom. The number of rotatable bonds is 1. The van der Waals surface area contributed by atoms with E-state index in [-0.39, 0.29) is 5.41 Å². The highest BCUT2D eigenvalue weighted by atomic mass is 14.3. The Bertz CT molecular complexity index is 468. The van der Waals surface area contributed by atoms with Gasteiger partial charge in [-0.2, -0.15) is 5.26 Å². The molecule has 17 heavy (non-hydrogen) atoms. The molecule has 0 spiro atoms. The third kappa shape index (κ3) is 2.69. The van der Waals surface area contributed by atoms with Gasteiger partial charge in [-0.1, -0.05) is 32.9 Å². The second kappa shape index (κ2) is 4.18. The van der Waals surface area contributed by atoms with Crippen LogP contribution in [0.4, 0.5) is 0 Å². The Labute approximate surface area is 105 Å². The van der Waals surface area contributed by atoms with Crippen LogP contribution in [0.1, 0.15) is 56.9 Å². The Morgan fingerprint density at radius 2 is 1.53 bits per heavy atom. The number of aryl methyl sites for hydroxylation is 1. The van der Waals surface area contributed by atoms with E-state index in [9.17, 15) is 5.26 Å². The second-order valence-corrected chi connectivity index (χ2v) is 6.45. The smallest absolute Gasteiger partial charge is 0.0766 e. The summed E-state index contributed by atoms with van der Waals surface area (Å²) in [5, 5.41) is 9.25. The zero-order valence-electron chi connectivity index (χ0n) is 12.1. The fourth-order valence-corrected chi connectivity index (χ4v) is 2.06. The first-order valence-corrected chi connectivity index (χ1v) is 6.13. The van der Waals surface area contributed by atoms with Gasteiger partial charge in [0.2, 0.25) is 0 Å². The van der Waals surface area contributed by atoms with Gasteiger partial charge in [-0.25, -0.2) is 0 Å². The second-order valence-electron chi connectivity index (χ2n) is 6.45. The molecule has 1 rings (SSSR count). The number of nitrogens with zero attached hydrogens (tertiary/aromatic N) is 1. The number of hydrogen-bond donors (Lipinski definition) is 0. The van der Waals surface area contributed by atoms with Crippen molar-refractivity contribution in [2.24, 2.45) is 0 Å². The fourth-order valence-electron chi connectivity index (χ4n) is 2.06. The molecule has 1 heteroatoms. The van der Waals surface area contributed by atoms with Gasteiger partial charge < -0.3 is 0 Å². The molecule has 0 aliphatic rings. The lowest BCUT2D eigenvalue weighted by Crippen LogP contribution is -2.19. The molecule has 0 aliphatic carbocycles. The molecule has 92 valence electrons. The van der Waals surface area contributed by atoms with Crippen LogP contribution in [0.3, 0.4) is 0 Å². The van der Waals surface area contributed by atoms with Crippen molar-refractivity contribution >= 4 is 0 Å². The summed E-state index contributed by atoms with van der Waals surface area (Å²) in [6.45, 7) is 14.9. The number of nitriles is 1. The monoisotopic (exact) mass is 229 g/mol. The van der Waals surface area contributed by atoms with Crippen LogP contribution < -0.4 is 0 Å². The van der Waals surface area contributed by atoms with Crippen molar-refractivity contribution in [1.29, 1.82) is 5.26 Å². The van der Waals surface area contributed by atoms with Crippen LogP contribution in [-0.4, -0.2) is 0 Å². The van der Waals surface area contributed by atoms with Crippen LogP contribution in [0, 0.1) is 25.2 Å². The van der Waals surface area contributed by atoms with Gasteiger partial charge in [-0.3, -0.25) is 0 Å². The van der Waals surface area contributed by atoms with Gasteiger partial charge in [-0.05, 0) is 55.4 Å². The highest BCUT2D eigenvalue weighted by molar-refractivity contribution is 5.45. The lowest BCUT2D eigenvalue weighted by molar-refractivity contribution is 0.580. The fraction of sp³-hybridized carbons (Fsp3) is 0.562. The van der Waals surface area contributed by atoms with Crippen LogP contribution >= 0.6 is 0 Å². The summed E-state index contributed by atoms with van der Waals surface area (Å²) in [6, 6.07) is 6.73. The molecule has 0 fully saturated rings. The molecule has 0 atom stereocenters. The van der Waals surface area contributed by atoms with Crippen LogP contribution in [-0.2, 0) is 10.8 Å². The zero-order chi connectivity index (χ0) is 13.4. The van der Waals surface area contributed by atoms with E-state index < -0.39 is 5.41 Å². The lowest BCUT2D eigenvalue weighted by Gasteiger charge is -2.26. The van der Waals surface area contributed by atoms with E-state index in [2.05, 4.69) is 52.8 Å². The van der Waals surface area contributed by atoms with Gasteiger partial charge >= 0.3 is 0 Å². The summed E-state index contributed by atoms with van der Waals surface area (Å²) in [7, 11) is 0.